The average Bonchev–Trinajstić information content (AvgIpc) is 2.67. The molecule has 1 aliphatic rings. The van der Waals surface area contributed by atoms with Crippen LogP contribution in [-0.4, -0.2) is 23.4 Å². The van der Waals surface area contributed by atoms with Crippen molar-refractivity contribution >= 4 is 17.5 Å². The number of carbonyl (C=O) groups is 1. The number of amides is 1. The van der Waals surface area contributed by atoms with Gasteiger partial charge in [-0.25, -0.2) is 0 Å². The van der Waals surface area contributed by atoms with Crippen LogP contribution < -0.4 is 10.1 Å². The molecule has 4 unspecified atom stereocenters. The minimum Gasteiger partial charge on any atom is -0.487 e. The zero-order valence-corrected chi connectivity index (χ0v) is 11.6. The van der Waals surface area contributed by atoms with Gasteiger partial charge in [0.2, 0.25) is 5.91 Å². The first-order valence-corrected chi connectivity index (χ1v) is 6.64. The highest BCUT2D eigenvalue weighted by Gasteiger charge is 2.35. The van der Waals surface area contributed by atoms with Crippen LogP contribution in [0.4, 0.5) is 0 Å². The summed E-state index contributed by atoms with van der Waals surface area (Å²) in [6.07, 6.45) is -0.0400. The lowest BCUT2D eigenvalue weighted by Gasteiger charge is -2.24. The lowest BCUT2D eigenvalue weighted by atomic mass is 9.94. The van der Waals surface area contributed by atoms with Gasteiger partial charge in [0.05, 0.1) is 6.04 Å². The van der Waals surface area contributed by atoms with Crippen LogP contribution in [0.3, 0.4) is 0 Å². The van der Waals surface area contributed by atoms with E-state index in [0.29, 0.717) is 0 Å². The average molecular weight is 268 g/mol. The summed E-state index contributed by atoms with van der Waals surface area (Å²) in [5, 5.41) is 2.37. The standard InChI is InChI=1S/C14H18ClNO2/c1-8-11-6-4-5-7-12(11)18-13(8)10(3)16-14(17)9(2)15/h4-10,13H,1-3H3,(H,16,17). The van der Waals surface area contributed by atoms with Gasteiger partial charge in [0, 0.05) is 11.5 Å². The Morgan fingerprint density at radius 2 is 2.06 bits per heavy atom. The van der Waals surface area contributed by atoms with E-state index < -0.39 is 5.38 Å². The summed E-state index contributed by atoms with van der Waals surface area (Å²) < 4.78 is 5.90. The highest BCUT2D eigenvalue weighted by atomic mass is 35.5. The Morgan fingerprint density at radius 1 is 1.39 bits per heavy atom. The summed E-state index contributed by atoms with van der Waals surface area (Å²) >= 11 is 5.75. The van der Waals surface area contributed by atoms with E-state index in [-0.39, 0.29) is 24.0 Å². The van der Waals surface area contributed by atoms with E-state index >= 15 is 0 Å². The van der Waals surface area contributed by atoms with Crippen LogP contribution >= 0.6 is 11.6 Å². The second kappa shape index (κ2) is 5.19. The molecule has 0 radical (unpaired) electrons. The molecule has 0 aromatic heterocycles. The molecule has 1 heterocycles. The normalized spacial score (nSPS) is 24.9. The summed E-state index contributed by atoms with van der Waals surface area (Å²) in [5.74, 6) is 1.02. The number of carbonyl (C=O) groups excluding carboxylic acids is 1. The molecule has 1 aliphatic heterocycles. The van der Waals surface area contributed by atoms with Gasteiger partial charge in [-0.15, -0.1) is 11.6 Å². The predicted octanol–water partition coefficient (Wildman–Crippen LogP) is 2.68. The molecule has 4 atom stereocenters. The molecule has 1 aromatic rings. The fraction of sp³-hybridized carbons (Fsp3) is 0.500. The molecule has 1 amide bonds. The van der Waals surface area contributed by atoms with E-state index in [0.717, 1.165) is 5.75 Å². The van der Waals surface area contributed by atoms with Crippen molar-refractivity contribution in [2.75, 3.05) is 0 Å². The molecule has 0 bridgehead atoms. The van der Waals surface area contributed by atoms with E-state index in [1.807, 2.05) is 25.1 Å². The molecule has 4 heteroatoms. The van der Waals surface area contributed by atoms with Gasteiger partial charge >= 0.3 is 0 Å². The van der Waals surface area contributed by atoms with Gasteiger partial charge in [-0.3, -0.25) is 4.79 Å². The molecule has 0 saturated heterocycles. The van der Waals surface area contributed by atoms with Crippen molar-refractivity contribution in [2.45, 2.75) is 44.2 Å². The molecule has 0 saturated carbocycles. The molecule has 2 rings (SSSR count). The Balaban J connectivity index is 2.07. The summed E-state index contributed by atoms with van der Waals surface area (Å²) in [6, 6.07) is 7.92. The number of halogens is 1. The third-order valence-electron chi connectivity index (χ3n) is 3.39. The van der Waals surface area contributed by atoms with Gasteiger partial charge in [-0.05, 0) is 19.9 Å². The number of nitrogens with one attached hydrogen (secondary N) is 1. The smallest absolute Gasteiger partial charge is 0.238 e. The topological polar surface area (TPSA) is 38.3 Å². The monoisotopic (exact) mass is 267 g/mol. The number of rotatable bonds is 3. The van der Waals surface area contributed by atoms with Crippen molar-refractivity contribution in [1.29, 1.82) is 0 Å². The Morgan fingerprint density at radius 3 is 2.67 bits per heavy atom. The SMILES string of the molecule is CC(Cl)C(=O)NC(C)C1Oc2ccccc2C1C. The van der Waals surface area contributed by atoms with Gasteiger partial charge in [0.15, 0.2) is 0 Å². The molecular weight excluding hydrogens is 250 g/mol. The maximum absolute atomic E-state index is 11.6. The maximum atomic E-state index is 11.6. The maximum Gasteiger partial charge on any atom is 0.238 e. The lowest BCUT2D eigenvalue weighted by Crippen LogP contribution is -2.46. The number of hydrogen-bond acceptors (Lipinski definition) is 2. The molecule has 18 heavy (non-hydrogen) atoms. The van der Waals surface area contributed by atoms with Gasteiger partial charge in [-0.2, -0.15) is 0 Å². The summed E-state index contributed by atoms with van der Waals surface area (Å²) in [7, 11) is 0. The predicted molar refractivity (Wildman–Crippen MR) is 72.2 cm³/mol. The van der Waals surface area contributed by atoms with Crippen LogP contribution in [0, 0.1) is 0 Å². The van der Waals surface area contributed by atoms with E-state index in [9.17, 15) is 4.79 Å². The first kappa shape index (κ1) is 13.2. The molecule has 98 valence electrons. The fourth-order valence-corrected chi connectivity index (χ4v) is 2.41. The van der Waals surface area contributed by atoms with Gasteiger partial charge < -0.3 is 10.1 Å². The zero-order valence-electron chi connectivity index (χ0n) is 10.8. The minimum atomic E-state index is -0.522. The fourth-order valence-electron chi connectivity index (χ4n) is 2.35. The molecule has 1 aromatic carbocycles. The van der Waals surface area contributed by atoms with Crippen LogP contribution in [0.15, 0.2) is 24.3 Å². The largest absolute Gasteiger partial charge is 0.487 e. The first-order chi connectivity index (χ1) is 8.50. The van der Waals surface area contributed by atoms with Crippen molar-refractivity contribution in [3.63, 3.8) is 0 Å². The van der Waals surface area contributed by atoms with Crippen molar-refractivity contribution in [3.05, 3.63) is 29.8 Å². The quantitative estimate of drug-likeness (QED) is 0.855. The number of benzene rings is 1. The van der Waals surface area contributed by atoms with Crippen molar-refractivity contribution in [3.8, 4) is 5.75 Å². The Bertz CT molecular complexity index is 447. The van der Waals surface area contributed by atoms with Gasteiger partial charge in [-0.1, -0.05) is 25.1 Å². The number of ether oxygens (including phenoxy) is 1. The summed E-state index contributed by atoms with van der Waals surface area (Å²) in [5.41, 5.74) is 1.20. The number of fused-ring (bicyclic) bond motifs is 1. The second-order valence-electron chi connectivity index (χ2n) is 4.82. The van der Waals surface area contributed by atoms with E-state index in [4.69, 9.17) is 16.3 Å². The van der Waals surface area contributed by atoms with Gasteiger partial charge in [0.25, 0.3) is 0 Å². The first-order valence-electron chi connectivity index (χ1n) is 6.20. The third-order valence-corrected chi connectivity index (χ3v) is 3.59. The molecule has 0 aliphatic carbocycles. The molecule has 0 fully saturated rings. The number of alkyl halides is 1. The molecule has 0 spiro atoms. The Labute approximate surface area is 112 Å². The van der Waals surface area contributed by atoms with Gasteiger partial charge in [0.1, 0.15) is 17.2 Å². The summed E-state index contributed by atoms with van der Waals surface area (Å²) in [6.45, 7) is 5.73. The van der Waals surface area contributed by atoms with E-state index in [1.165, 1.54) is 5.56 Å². The van der Waals surface area contributed by atoms with Crippen LogP contribution in [0.1, 0.15) is 32.3 Å². The lowest BCUT2D eigenvalue weighted by molar-refractivity contribution is -0.121. The summed E-state index contributed by atoms with van der Waals surface area (Å²) in [4.78, 5) is 11.6. The van der Waals surface area contributed by atoms with E-state index in [1.54, 1.807) is 6.92 Å². The highest BCUT2D eigenvalue weighted by molar-refractivity contribution is 6.30. The minimum absolute atomic E-state index is 0.0400. The number of hydrogen-bond donors (Lipinski definition) is 1. The van der Waals surface area contributed by atoms with Crippen LogP contribution in [0.5, 0.6) is 5.75 Å². The van der Waals surface area contributed by atoms with E-state index in [2.05, 4.69) is 18.3 Å². The second-order valence-corrected chi connectivity index (χ2v) is 5.48. The number of para-hydroxylation sites is 1. The van der Waals surface area contributed by atoms with Crippen LogP contribution in [-0.2, 0) is 4.79 Å². The molecule has 1 N–H and O–H groups in total. The zero-order chi connectivity index (χ0) is 13.3. The molecular formula is C14H18ClNO2. The Hall–Kier alpha value is -1.22. The van der Waals surface area contributed by atoms with Crippen molar-refractivity contribution in [1.82, 2.24) is 5.32 Å². The van der Waals surface area contributed by atoms with Crippen molar-refractivity contribution in [2.24, 2.45) is 0 Å². The Kier molecular flexibility index (Phi) is 3.81. The van der Waals surface area contributed by atoms with Crippen LogP contribution in [0.2, 0.25) is 0 Å². The highest BCUT2D eigenvalue weighted by Crippen LogP contribution is 2.38. The molecule has 3 nitrogen and oxygen atoms in total. The third kappa shape index (κ3) is 2.46. The van der Waals surface area contributed by atoms with Crippen LogP contribution in [0.25, 0.3) is 0 Å². The van der Waals surface area contributed by atoms with Crippen molar-refractivity contribution < 1.29 is 9.53 Å².